The topological polar surface area (TPSA) is 71.3 Å². The van der Waals surface area contributed by atoms with E-state index in [1.807, 2.05) is 36.1 Å². The summed E-state index contributed by atoms with van der Waals surface area (Å²) < 4.78 is 5.52. The number of aromatic nitrogens is 2. The minimum absolute atomic E-state index is 0.00878. The normalized spacial score (nSPS) is 21.1. The number of benzene rings is 1. The lowest BCUT2D eigenvalue weighted by Crippen LogP contribution is -2.45. The summed E-state index contributed by atoms with van der Waals surface area (Å²) in [6, 6.07) is 8.25. The van der Waals surface area contributed by atoms with Crippen LogP contribution in [0.4, 0.5) is 4.79 Å². The zero-order valence-electron chi connectivity index (χ0n) is 15.3. The molecular formula is C20H26N4O2. The van der Waals surface area contributed by atoms with E-state index in [1.165, 1.54) is 24.8 Å². The SMILES string of the molecule is Cc1ccc(-c2noc([C@@H]3CCCN3C(=O)NC3CCCCC3)n2)cc1. The van der Waals surface area contributed by atoms with Gasteiger partial charge in [-0.15, -0.1) is 0 Å². The molecule has 26 heavy (non-hydrogen) atoms. The van der Waals surface area contributed by atoms with Crippen LogP contribution in [-0.2, 0) is 0 Å². The lowest BCUT2D eigenvalue weighted by atomic mass is 9.96. The lowest BCUT2D eigenvalue weighted by Gasteiger charge is -2.28. The summed E-state index contributed by atoms with van der Waals surface area (Å²) in [7, 11) is 0. The number of amides is 2. The maximum Gasteiger partial charge on any atom is 0.318 e. The first-order valence-corrected chi connectivity index (χ1v) is 9.68. The number of carbonyl (C=O) groups is 1. The van der Waals surface area contributed by atoms with E-state index in [-0.39, 0.29) is 12.1 Å². The standard InChI is InChI=1S/C20H26N4O2/c1-14-9-11-15(12-10-14)18-22-19(26-23-18)17-8-5-13-24(17)20(25)21-16-6-3-2-4-7-16/h9-12,16-17H,2-8,13H2,1H3,(H,21,25)/t17-/m0/s1. The number of hydrogen-bond acceptors (Lipinski definition) is 4. The van der Waals surface area contributed by atoms with Crippen molar-refractivity contribution in [1.82, 2.24) is 20.4 Å². The van der Waals surface area contributed by atoms with E-state index < -0.39 is 0 Å². The molecule has 1 saturated carbocycles. The first kappa shape index (κ1) is 17.1. The van der Waals surface area contributed by atoms with Crippen LogP contribution in [0.3, 0.4) is 0 Å². The Morgan fingerprint density at radius 2 is 1.88 bits per heavy atom. The second-order valence-electron chi connectivity index (χ2n) is 7.46. The average molecular weight is 354 g/mol. The Hall–Kier alpha value is -2.37. The van der Waals surface area contributed by atoms with Crippen LogP contribution in [0.15, 0.2) is 28.8 Å². The van der Waals surface area contributed by atoms with E-state index in [4.69, 9.17) is 4.52 Å². The zero-order valence-corrected chi connectivity index (χ0v) is 15.3. The molecular weight excluding hydrogens is 328 g/mol. The third kappa shape index (κ3) is 3.59. The molecule has 1 aliphatic carbocycles. The first-order chi connectivity index (χ1) is 12.7. The zero-order chi connectivity index (χ0) is 17.9. The second-order valence-corrected chi connectivity index (χ2v) is 7.46. The van der Waals surface area contributed by atoms with E-state index in [0.29, 0.717) is 17.8 Å². The Kier molecular flexibility index (Phi) is 4.91. The highest BCUT2D eigenvalue weighted by Gasteiger charge is 2.35. The van der Waals surface area contributed by atoms with Crippen molar-refractivity contribution in [2.45, 2.75) is 64.0 Å². The number of hydrogen-bond donors (Lipinski definition) is 1. The Bertz CT molecular complexity index is 749. The van der Waals surface area contributed by atoms with Gasteiger partial charge in [-0.3, -0.25) is 0 Å². The molecule has 1 aliphatic heterocycles. The molecule has 0 unspecified atom stereocenters. The molecule has 138 valence electrons. The van der Waals surface area contributed by atoms with Crippen molar-refractivity contribution in [1.29, 1.82) is 0 Å². The largest absolute Gasteiger partial charge is 0.337 e. The molecule has 0 spiro atoms. The predicted octanol–water partition coefficient (Wildman–Crippen LogP) is 4.22. The van der Waals surface area contributed by atoms with Gasteiger partial charge in [0.25, 0.3) is 0 Å². The summed E-state index contributed by atoms with van der Waals surface area (Å²) in [5.74, 6) is 1.12. The summed E-state index contributed by atoms with van der Waals surface area (Å²) in [5.41, 5.74) is 2.13. The fourth-order valence-corrected chi connectivity index (χ4v) is 3.96. The Balaban J connectivity index is 1.46. The quantitative estimate of drug-likeness (QED) is 0.895. The molecule has 4 rings (SSSR count). The number of nitrogens with one attached hydrogen (secondary N) is 1. The molecule has 0 radical (unpaired) electrons. The smallest absolute Gasteiger partial charge is 0.318 e. The van der Waals surface area contributed by atoms with E-state index >= 15 is 0 Å². The van der Waals surface area contributed by atoms with Gasteiger partial charge in [0.1, 0.15) is 6.04 Å². The van der Waals surface area contributed by atoms with Crippen molar-refractivity contribution in [3.05, 3.63) is 35.7 Å². The number of likely N-dealkylation sites (tertiary alicyclic amines) is 1. The number of rotatable bonds is 3. The van der Waals surface area contributed by atoms with Crippen molar-refractivity contribution < 1.29 is 9.32 Å². The van der Waals surface area contributed by atoms with Crippen LogP contribution >= 0.6 is 0 Å². The summed E-state index contributed by atoms with van der Waals surface area (Å²) in [6.07, 6.45) is 7.70. The molecule has 1 aromatic heterocycles. The van der Waals surface area contributed by atoms with Crippen LogP contribution in [0.1, 0.15) is 62.4 Å². The number of carbonyl (C=O) groups excluding carboxylic acids is 1. The molecule has 2 amide bonds. The van der Waals surface area contributed by atoms with Crippen molar-refractivity contribution in [2.24, 2.45) is 0 Å². The number of nitrogens with zero attached hydrogens (tertiary/aromatic N) is 3. The van der Waals surface area contributed by atoms with Crippen molar-refractivity contribution in [3.63, 3.8) is 0 Å². The molecule has 2 fully saturated rings. The maximum absolute atomic E-state index is 12.7. The van der Waals surface area contributed by atoms with Gasteiger partial charge < -0.3 is 14.7 Å². The Labute approximate surface area is 154 Å². The van der Waals surface area contributed by atoms with Gasteiger partial charge in [-0.25, -0.2) is 4.79 Å². The average Bonchev–Trinajstić information content (AvgIpc) is 3.32. The molecule has 1 N–H and O–H groups in total. The van der Waals surface area contributed by atoms with Crippen LogP contribution in [0.25, 0.3) is 11.4 Å². The number of aryl methyl sites for hydroxylation is 1. The van der Waals surface area contributed by atoms with Crippen LogP contribution in [0.5, 0.6) is 0 Å². The van der Waals surface area contributed by atoms with Gasteiger partial charge in [0.15, 0.2) is 0 Å². The van der Waals surface area contributed by atoms with E-state index in [1.54, 1.807) is 0 Å². The van der Waals surface area contributed by atoms with Gasteiger partial charge in [0.05, 0.1) is 0 Å². The lowest BCUT2D eigenvalue weighted by molar-refractivity contribution is 0.173. The van der Waals surface area contributed by atoms with E-state index in [2.05, 4.69) is 15.5 Å². The van der Waals surface area contributed by atoms with Gasteiger partial charge in [-0.2, -0.15) is 4.98 Å². The Morgan fingerprint density at radius 1 is 1.12 bits per heavy atom. The van der Waals surface area contributed by atoms with E-state index in [9.17, 15) is 4.79 Å². The summed E-state index contributed by atoms with van der Waals surface area (Å²) in [5, 5.41) is 7.33. The number of urea groups is 1. The fraction of sp³-hybridized carbons (Fsp3) is 0.550. The van der Waals surface area contributed by atoms with Crippen molar-refractivity contribution >= 4 is 6.03 Å². The van der Waals surface area contributed by atoms with Crippen molar-refractivity contribution in [2.75, 3.05) is 6.54 Å². The minimum atomic E-state index is -0.120. The van der Waals surface area contributed by atoms with Crippen LogP contribution < -0.4 is 5.32 Å². The molecule has 2 heterocycles. The summed E-state index contributed by atoms with van der Waals surface area (Å²) >= 11 is 0. The van der Waals surface area contributed by atoms with Gasteiger partial charge in [-0.1, -0.05) is 54.2 Å². The summed E-state index contributed by atoms with van der Waals surface area (Å²) in [6.45, 7) is 2.79. The van der Waals surface area contributed by atoms with Gasteiger partial charge in [0.2, 0.25) is 11.7 Å². The monoisotopic (exact) mass is 354 g/mol. The Morgan fingerprint density at radius 3 is 2.65 bits per heavy atom. The first-order valence-electron chi connectivity index (χ1n) is 9.68. The minimum Gasteiger partial charge on any atom is -0.337 e. The second kappa shape index (κ2) is 7.48. The van der Waals surface area contributed by atoms with Crippen LogP contribution in [0, 0.1) is 6.92 Å². The fourth-order valence-electron chi connectivity index (χ4n) is 3.96. The maximum atomic E-state index is 12.7. The molecule has 2 aliphatic rings. The van der Waals surface area contributed by atoms with E-state index in [0.717, 1.165) is 37.8 Å². The predicted molar refractivity (Wildman–Crippen MR) is 98.6 cm³/mol. The third-order valence-electron chi connectivity index (χ3n) is 5.48. The highest BCUT2D eigenvalue weighted by atomic mass is 16.5. The highest BCUT2D eigenvalue weighted by molar-refractivity contribution is 5.75. The van der Waals surface area contributed by atoms with Crippen molar-refractivity contribution in [3.8, 4) is 11.4 Å². The molecule has 1 atom stereocenters. The highest BCUT2D eigenvalue weighted by Crippen LogP contribution is 2.32. The molecule has 2 aromatic rings. The molecule has 1 aromatic carbocycles. The summed E-state index contributed by atoms with van der Waals surface area (Å²) in [4.78, 5) is 19.2. The third-order valence-corrected chi connectivity index (χ3v) is 5.48. The molecule has 0 bridgehead atoms. The molecule has 6 heteroatoms. The van der Waals surface area contributed by atoms with Crippen LogP contribution in [-0.4, -0.2) is 33.7 Å². The van der Waals surface area contributed by atoms with Crippen LogP contribution in [0.2, 0.25) is 0 Å². The van der Waals surface area contributed by atoms with Gasteiger partial charge in [-0.05, 0) is 32.6 Å². The van der Waals surface area contributed by atoms with Gasteiger partial charge >= 0.3 is 6.03 Å². The molecule has 6 nitrogen and oxygen atoms in total. The van der Waals surface area contributed by atoms with Gasteiger partial charge in [0, 0.05) is 18.2 Å². The molecule has 1 saturated heterocycles.